The maximum Gasteiger partial charge on any atom is 0.0532 e. The van der Waals surface area contributed by atoms with Crippen molar-refractivity contribution in [2.75, 3.05) is 5.32 Å². The van der Waals surface area contributed by atoms with Gasteiger partial charge in [0.2, 0.25) is 0 Å². The molecule has 0 spiro atoms. The van der Waals surface area contributed by atoms with Gasteiger partial charge < -0.3 is 5.32 Å². The molecule has 2 rings (SSSR count). The topological polar surface area (TPSA) is 24.9 Å². The summed E-state index contributed by atoms with van der Waals surface area (Å²) in [6, 6.07) is 8.51. The van der Waals surface area contributed by atoms with Gasteiger partial charge in [0.05, 0.1) is 5.69 Å². The van der Waals surface area contributed by atoms with Gasteiger partial charge in [-0.25, -0.2) is 0 Å². The first-order valence-corrected chi connectivity index (χ1v) is 5.87. The van der Waals surface area contributed by atoms with Crippen molar-refractivity contribution in [3.8, 4) is 0 Å². The molecule has 0 aliphatic rings. The zero-order chi connectivity index (χ0) is 12.3. The van der Waals surface area contributed by atoms with Crippen molar-refractivity contribution in [1.29, 1.82) is 0 Å². The molecular formula is C15H18N2. The van der Waals surface area contributed by atoms with Crippen molar-refractivity contribution in [3.63, 3.8) is 0 Å². The van der Waals surface area contributed by atoms with E-state index in [0.29, 0.717) is 0 Å². The van der Waals surface area contributed by atoms with E-state index in [-0.39, 0.29) is 0 Å². The lowest BCUT2D eigenvalue weighted by Gasteiger charge is -2.11. The van der Waals surface area contributed by atoms with Crippen molar-refractivity contribution in [2.45, 2.75) is 27.3 Å². The van der Waals surface area contributed by atoms with E-state index in [1.54, 1.807) is 0 Å². The lowest BCUT2D eigenvalue weighted by Crippen LogP contribution is -2.03. The number of nitrogens with one attached hydrogen (secondary N) is 1. The number of aryl methyl sites for hydroxylation is 3. The van der Waals surface area contributed by atoms with Crippen LogP contribution in [-0.4, -0.2) is 4.98 Å². The second-order valence-corrected chi connectivity index (χ2v) is 4.47. The molecule has 17 heavy (non-hydrogen) atoms. The molecule has 0 radical (unpaired) electrons. The van der Waals surface area contributed by atoms with Crippen LogP contribution in [0.4, 0.5) is 5.69 Å². The molecule has 2 heteroatoms. The predicted octanol–water partition coefficient (Wildman–Crippen LogP) is 3.62. The zero-order valence-electron chi connectivity index (χ0n) is 10.6. The Kier molecular flexibility index (Phi) is 3.43. The van der Waals surface area contributed by atoms with Crippen LogP contribution in [0.3, 0.4) is 0 Å². The van der Waals surface area contributed by atoms with Crippen LogP contribution in [0.1, 0.15) is 22.3 Å². The highest BCUT2D eigenvalue weighted by Gasteiger charge is 2.01. The Morgan fingerprint density at radius 1 is 1.06 bits per heavy atom. The fourth-order valence-corrected chi connectivity index (χ4v) is 1.97. The van der Waals surface area contributed by atoms with Crippen LogP contribution >= 0.6 is 0 Å². The molecule has 1 heterocycles. The third-order valence-corrected chi connectivity index (χ3v) is 2.99. The van der Waals surface area contributed by atoms with Crippen LogP contribution in [0.25, 0.3) is 0 Å². The lowest BCUT2D eigenvalue weighted by molar-refractivity contribution is 1.08. The largest absolute Gasteiger partial charge is 0.380 e. The van der Waals surface area contributed by atoms with Crippen LogP contribution in [0.15, 0.2) is 36.7 Å². The van der Waals surface area contributed by atoms with Gasteiger partial charge in [-0.15, -0.1) is 0 Å². The minimum atomic E-state index is 0.851. The number of nitrogens with zero attached hydrogens (tertiary/aromatic N) is 1. The number of pyridine rings is 1. The minimum Gasteiger partial charge on any atom is -0.380 e. The van der Waals surface area contributed by atoms with E-state index in [9.17, 15) is 0 Å². The molecule has 0 saturated carbocycles. The molecule has 1 aromatic heterocycles. The standard InChI is InChI=1S/C15H18N2/c1-11-7-14(9-16-8-11)17-10-15-12(2)5-4-6-13(15)3/h4-9,17H,10H2,1-3H3. The van der Waals surface area contributed by atoms with Crippen LogP contribution in [-0.2, 0) is 6.54 Å². The average Bonchev–Trinajstić information content (AvgIpc) is 2.28. The van der Waals surface area contributed by atoms with Crippen molar-refractivity contribution < 1.29 is 0 Å². The number of anilines is 1. The molecule has 2 nitrogen and oxygen atoms in total. The Balaban J connectivity index is 2.13. The number of benzene rings is 1. The fourth-order valence-electron chi connectivity index (χ4n) is 1.97. The number of hydrogen-bond acceptors (Lipinski definition) is 2. The molecule has 0 aliphatic carbocycles. The number of hydrogen-bond donors (Lipinski definition) is 1. The molecule has 0 atom stereocenters. The molecule has 88 valence electrons. The highest BCUT2D eigenvalue weighted by atomic mass is 14.9. The molecule has 2 aromatic rings. The Hall–Kier alpha value is -1.83. The monoisotopic (exact) mass is 226 g/mol. The van der Waals surface area contributed by atoms with Crippen molar-refractivity contribution >= 4 is 5.69 Å². The zero-order valence-corrected chi connectivity index (χ0v) is 10.6. The molecule has 0 bridgehead atoms. The van der Waals surface area contributed by atoms with Gasteiger partial charge in [-0.3, -0.25) is 4.98 Å². The van der Waals surface area contributed by atoms with E-state index in [1.165, 1.54) is 22.3 Å². The second kappa shape index (κ2) is 5.00. The Morgan fingerprint density at radius 3 is 2.41 bits per heavy atom. The van der Waals surface area contributed by atoms with Gasteiger partial charge in [0.1, 0.15) is 0 Å². The lowest BCUT2D eigenvalue weighted by atomic mass is 10.0. The summed E-state index contributed by atoms with van der Waals surface area (Å²) < 4.78 is 0. The summed E-state index contributed by atoms with van der Waals surface area (Å²) >= 11 is 0. The summed E-state index contributed by atoms with van der Waals surface area (Å²) in [5, 5.41) is 3.42. The van der Waals surface area contributed by atoms with E-state index >= 15 is 0 Å². The smallest absolute Gasteiger partial charge is 0.0532 e. The predicted molar refractivity (Wildman–Crippen MR) is 72.2 cm³/mol. The first-order chi connectivity index (χ1) is 8.16. The maximum atomic E-state index is 4.18. The molecule has 0 fully saturated rings. The third-order valence-electron chi connectivity index (χ3n) is 2.99. The highest BCUT2D eigenvalue weighted by Crippen LogP contribution is 2.15. The average molecular weight is 226 g/mol. The summed E-state index contributed by atoms with van der Waals surface area (Å²) in [5.41, 5.74) is 6.29. The van der Waals surface area contributed by atoms with Crippen molar-refractivity contribution in [1.82, 2.24) is 4.98 Å². The maximum absolute atomic E-state index is 4.18. The van der Waals surface area contributed by atoms with Crippen LogP contribution < -0.4 is 5.32 Å². The summed E-state index contributed by atoms with van der Waals surface area (Å²) in [4.78, 5) is 4.18. The highest BCUT2D eigenvalue weighted by molar-refractivity contribution is 5.45. The Morgan fingerprint density at radius 2 is 1.76 bits per heavy atom. The van der Waals surface area contributed by atoms with E-state index in [2.05, 4.69) is 55.3 Å². The molecular weight excluding hydrogens is 208 g/mol. The van der Waals surface area contributed by atoms with E-state index < -0.39 is 0 Å². The van der Waals surface area contributed by atoms with E-state index in [1.807, 2.05) is 12.4 Å². The summed E-state index contributed by atoms with van der Waals surface area (Å²) in [6.07, 6.45) is 3.73. The Labute approximate surface area is 103 Å². The minimum absolute atomic E-state index is 0.851. The van der Waals surface area contributed by atoms with Gasteiger partial charge in [-0.2, -0.15) is 0 Å². The molecule has 0 unspecified atom stereocenters. The van der Waals surface area contributed by atoms with E-state index in [4.69, 9.17) is 0 Å². The van der Waals surface area contributed by atoms with Crippen LogP contribution in [0.5, 0.6) is 0 Å². The second-order valence-electron chi connectivity index (χ2n) is 4.47. The quantitative estimate of drug-likeness (QED) is 0.864. The summed E-state index contributed by atoms with van der Waals surface area (Å²) in [6.45, 7) is 7.21. The van der Waals surface area contributed by atoms with Gasteiger partial charge in [-0.05, 0) is 49.1 Å². The van der Waals surface area contributed by atoms with Crippen LogP contribution in [0.2, 0.25) is 0 Å². The fraction of sp³-hybridized carbons (Fsp3) is 0.267. The number of aromatic nitrogens is 1. The third kappa shape index (κ3) is 2.84. The molecule has 0 saturated heterocycles. The van der Waals surface area contributed by atoms with Crippen molar-refractivity contribution in [3.05, 3.63) is 58.9 Å². The molecule has 1 N–H and O–H groups in total. The van der Waals surface area contributed by atoms with E-state index in [0.717, 1.165) is 12.2 Å². The van der Waals surface area contributed by atoms with Crippen LogP contribution in [0, 0.1) is 20.8 Å². The number of rotatable bonds is 3. The SMILES string of the molecule is Cc1cncc(NCc2c(C)cccc2C)c1. The first kappa shape index (κ1) is 11.6. The summed E-state index contributed by atoms with van der Waals surface area (Å²) in [5.74, 6) is 0. The van der Waals surface area contributed by atoms with Gasteiger partial charge in [0, 0.05) is 18.9 Å². The Bertz CT molecular complexity index is 498. The molecule has 1 aromatic carbocycles. The van der Waals surface area contributed by atoms with Gasteiger partial charge in [0.25, 0.3) is 0 Å². The van der Waals surface area contributed by atoms with Gasteiger partial charge in [0.15, 0.2) is 0 Å². The van der Waals surface area contributed by atoms with Gasteiger partial charge >= 0.3 is 0 Å². The first-order valence-electron chi connectivity index (χ1n) is 5.87. The molecule has 0 amide bonds. The summed E-state index contributed by atoms with van der Waals surface area (Å²) in [7, 11) is 0. The van der Waals surface area contributed by atoms with Gasteiger partial charge in [-0.1, -0.05) is 18.2 Å². The van der Waals surface area contributed by atoms with Crippen molar-refractivity contribution in [2.24, 2.45) is 0 Å². The normalized spacial score (nSPS) is 10.3. The molecule has 0 aliphatic heterocycles.